The largest absolute Gasteiger partial charge is 0.480 e. The van der Waals surface area contributed by atoms with Gasteiger partial charge in [0.2, 0.25) is 0 Å². The molecule has 2 aliphatic rings. The molecule has 0 bridgehead atoms. The van der Waals surface area contributed by atoms with Crippen molar-refractivity contribution in [2.24, 2.45) is 11.3 Å². The van der Waals surface area contributed by atoms with Crippen molar-refractivity contribution in [3.63, 3.8) is 0 Å². The third-order valence-corrected chi connectivity index (χ3v) is 6.48. The molecule has 8 nitrogen and oxygen atoms in total. The molecule has 29 heavy (non-hydrogen) atoms. The minimum absolute atomic E-state index is 0.0372. The quantitative estimate of drug-likeness (QED) is 0.577. The topological polar surface area (TPSA) is 110 Å². The van der Waals surface area contributed by atoms with Gasteiger partial charge in [-0.1, -0.05) is 32.4 Å². The summed E-state index contributed by atoms with van der Waals surface area (Å²) < 4.78 is 5.94. The van der Waals surface area contributed by atoms with E-state index in [0.717, 1.165) is 18.9 Å². The maximum atomic E-state index is 13.4. The standard InChI is InChI=1S/C20H25ClN2O6/c1-19(2,3)12-6-8-20(9-7-12)22(16(11-29-20)18(25)26)17(24)14-10-13(23(27)28)4-5-15(14)21/h4-5,10,12,16H,6-9,11H2,1-3H3,(H,25,26)/t12?,16-,20?/m1/s1. The van der Waals surface area contributed by atoms with Gasteiger partial charge in [-0.05, 0) is 43.1 Å². The number of ether oxygens (including phenoxy) is 1. The zero-order chi connectivity index (χ0) is 21.6. The van der Waals surface area contributed by atoms with Crippen LogP contribution in [0.25, 0.3) is 0 Å². The number of hydrogen-bond acceptors (Lipinski definition) is 5. The molecule has 1 aromatic rings. The number of carboxylic acids is 1. The molecule has 1 saturated carbocycles. The molecular weight excluding hydrogens is 400 g/mol. The van der Waals surface area contributed by atoms with Crippen molar-refractivity contribution in [1.82, 2.24) is 4.90 Å². The Balaban J connectivity index is 1.97. The van der Waals surface area contributed by atoms with Gasteiger partial charge in [0.15, 0.2) is 6.04 Å². The summed E-state index contributed by atoms with van der Waals surface area (Å²) in [6.07, 6.45) is 2.61. The van der Waals surface area contributed by atoms with Crippen LogP contribution in [-0.4, -0.2) is 45.2 Å². The van der Waals surface area contributed by atoms with E-state index in [-0.39, 0.29) is 28.3 Å². The second-order valence-corrected chi connectivity index (χ2v) is 9.26. The number of nitro benzene ring substituents is 1. The highest BCUT2D eigenvalue weighted by molar-refractivity contribution is 6.34. The monoisotopic (exact) mass is 424 g/mol. The van der Waals surface area contributed by atoms with Gasteiger partial charge < -0.3 is 9.84 Å². The Labute approximate surface area is 173 Å². The number of carbonyl (C=O) groups excluding carboxylic acids is 1. The fraction of sp³-hybridized carbons (Fsp3) is 0.600. The number of nitro groups is 1. The molecule has 1 N–H and O–H groups in total. The Kier molecular flexibility index (Phi) is 5.62. The molecular formula is C20H25ClN2O6. The first kappa shape index (κ1) is 21.5. The Morgan fingerprint density at radius 2 is 1.93 bits per heavy atom. The molecule has 0 unspecified atom stereocenters. The predicted molar refractivity (Wildman–Crippen MR) is 106 cm³/mol. The summed E-state index contributed by atoms with van der Waals surface area (Å²) in [5.74, 6) is -1.40. The number of rotatable bonds is 3. The lowest BCUT2D eigenvalue weighted by Gasteiger charge is -2.46. The van der Waals surface area contributed by atoms with Gasteiger partial charge >= 0.3 is 5.97 Å². The Morgan fingerprint density at radius 3 is 2.45 bits per heavy atom. The zero-order valence-electron chi connectivity index (χ0n) is 16.7. The van der Waals surface area contributed by atoms with Crippen LogP contribution in [-0.2, 0) is 9.53 Å². The fourth-order valence-electron chi connectivity index (χ4n) is 4.41. The molecule has 1 saturated heterocycles. The van der Waals surface area contributed by atoms with Crippen molar-refractivity contribution in [2.75, 3.05) is 6.61 Å². The summed E-state index contributed by atoms with van der Waals surface area (Å²) in [7, 11) is 0. The molecule has 0 radical (unpaired) electrons. The normalized spacial score (nSPS) is 27.2. The Bertz CT molecular complexity index is 842. The van der Waals surface area contributed by atoms with E-state index in [2.05, 4.69) is 20.8 Å². The summed E-state index contributed by atoms with van der Waals surface area (Å²) in [4.78, 5) is 37.0. The van der Waals surface area contributed by atoms with Crippen LogP contribution in [0.3, 0.4) is 0 Å². The highest BCUT2D eigenvalue weighted by Gasteiger charge is 2.55. The lowest BCUT2D eigenvalue weighted by atomic mass is 9.70. The number of aliphatic carboxylic acids is 1. The van der Waals surface area contributed by atoms with Crippen molar-refractivity contribution in [2.45, 2.75) is 58.2 Å². The summed E-state index contributed by atoms with van der Waals surface area (Å²) in [6, 6.07) is 2.42. The second kappa shape index (κ2) is 7.57. The van der Waals surface area contributed by atoms with Crippen molar-refractivity contribution in [3.05, 3.63) is 38.9 Å². The van der Waals surface area contributed by atoms with Gasteiger partial charge in [0.1, 0.15) is 5.72 Å². The van der Waals surface area contributed by atoms with E-state index in [1.165, 1.54) is 17.0 Å². The van der Waals surface area contributed by atoms with Crippen LogP contribution < -0.4 is 0 Å². The average molecular weight is 425 g/mol. The van der Waals surface area contributed by atoms with Crippen LogP contribution in [0.5, 0.6) is 0 Å². The molecule has 3 rings (SSSR count). The number of carbonyl (C=O) groups is 2. The highest BCUT2D eigenvalue weighted by Crippen LogP contribution is 2.47. The molecule has 1 amide bonds. The second-order valence-electron chi connectivity index (χ2n) is 8.85. The van der Waals surface area contributed by atoms with Gasteiger partial charge in [0.25, 0.3) is 11.6 Å². The first-order valence-electron chi connectivity index (χ1n) is 9.61. The van der Waals surface area contributed by atoms with E-state index in [1.54, 1.807) is 0 Å². The molecule has 1 aromatic carbocycles. The predicted octanol–water partition coefficient (Wildman–Crippen LogP) is 4.11. The Hall–Kier alpha value is -2.19. The lowest BCUT2D eigenvalue weighted by Crippen LogP contribution is -2.55. The van der Waals surface area contributed by atoms with E-state index in [0.29, 0.717) is 18.8 Å². The van der Waals surface area contributed by atoms with E-state index in [1.807, 2.05) is 0 Å². The fourth-order valence-corrected chi connectivity index (χ4v) is 4.61. The maximum Gasteiger partial charge on any atom is 0.328 e. The van der Waals surface area contributed by atoms with E-state index < -0.39 is 28.6 Å². The molecule has 1 atom stereocenters. The number of carboxylic acid groups (broad SMARTS) is 1. The smallest absolute Gasteiger partial charge is 0.328 e. The number of hydrogen-bond donors (Lipinski definition) is 1. The number of halogens is 1. The van der Waals surface area contributed by atoms with Gasteiger partial charge in [-0.25, -0.2) is 4.79 Å². The summed E-state index contributed by atoms with van der Waals surface area (Å²) in [5, 5.41) is 20.8. The molecule has 1 heterocycles. The number of amides is 1. The van der Waals surface area contributed by atoms with Gasteiger partial charge in [-0.3, -0.25) is 19.8 Å². The molecule has 1 aliphatic heterocycles. The molecule has 1 spiro atoms. The molecule has 158 valence electrons. The first-order valence-corrected chi connectivity index (χ1v) is 9.98. The van der Waals surface area contributed by atoms with Crippen LogP contribution in [0.15, 0.2) is 18.2 Å². The number of non-ortho nitro benzene ring substituents is 1. The molecule has 0 aromatic heterocycles. The van der Waals surface area contributed by atoms with Crippen molar-refractivity contribution < 1.29 is 24.4 Å². The SMILES string of the molecule is CC(C)(C)C1CCC2(CC1)OC[C@H](C(=O)O)N2C(=O)c1cc([N+](=O)[O-])ccc1Cl. The Morgan fingerprint density at radius 1 is 1.31 bits per heavy atom. The average Bonchev–Trinajstić information content (AvgIpc) is 2.99. The van der Waals surface area contributed by atoms with Crippen LogP contribution in [0.2, 0.25) is 5.02 Å². The summed E-state index contributed by atoms with van der Waals surface area (Å²) >= 11 is 6.15. The summed E-state index contributed by atoms with van der Waals surface area (Å²) in [5.41, 5.74) is -1.30. The number of benzene rings is 1. The molecule has 2 fully saturated rings. The van der Waals surface area contributed by atoms with E-state index in [9.17, 15) is 24.8 Å². The number of nitrogens with zero attached hydrogens (tertiary/aromatic N) is 2. The van der Waals surface area contributed by atoms with E-state index in [4.69, 9.17) is 16.3 Å². The van der Waals surface area contributed by atoms with E-state index >= 15 is 0 Å². The van der Waals surface area contributed by atoms with Gasteiger partial charge in [0, 0.05) is 12.1 Å². The van der Waals surface area contributed by atoms with Gasteiger partial charge in [-0.15, -0.1) is 0 Å². The van der Waals surface area contributed by atoms with Gasteiger partial charge in [0.05, 0.1) is 22.1 Å². The van der Waals surface area contributed by atoms with Crippen LogP contribution in [0.4, 0.5) is 5.69 Å². The zero-order valence-corrected chi connectivity index (χ0v) is 17.4. The van der Waals surface area contributed by atoms with Gasteiger partial charge in [-0.2, -0.15) is 0 Å². The van der Waals surface area contributed by atoms with Crippen LogP contribution in [0.1, 0.15) is 56.8 Å². The third-order valence-electron chi connectivity index (χ3n) is 6.15. The van der Waals surface area contributed by atoms with Crippen LogP contribution in [0, 0.1) is 21.4 Å². The third kappa shape index (κ3) is 3.96. The van der Waals surface area contributed by atoms with Crippen molar-refractivity contribution in [3.8, 4) is 0 Å². The van der Waals surface area contributed by atoms with Crippen molar-refractivity contribution >= 4 is 29.2 Å². The van der Waals surface area contributed by atoms with Crippen molar-refractivity contribution in [1.29, 1.82) is 0 Å². The van der Waals surface area contributed by atoms with Crippen LogP contribution >= 0.6 is 11.6 Å². The molecule has 1 aliphatic carbocycles. The lowest BCUT2D eigenvalue weighted by molar-refractivity contribution is -0.384. The molecule has 9 heteroatoms. The highest BCUT2D eigenvalue weighted by atomic mass is 35.5. The first-order chi connectivity index (χ1) is 13.5. The maximum absolute atomic E-state index is 13.4. The minimum atomic E-state index is -1.17. The summed E-state index contributed by atoms with van der Waals surface area (Å²) in [6.45, 7) is 6.37. The minimum Gasteiger partial charge on any atom is -0.480 e.